The average molecular weight is 323 g/mol. The van der Waals surface area contributed by atoms with E-state index in [1.165, 1.54) is 96.4 Å². The van der Waals surface area contributed by atoms with Crippen LogP contribution in [0.4, 0.5) is 0 Å². The molecule has 1 aliphatic heterocycles. The zero-order chi connectivity index (χ0) is 16.8. The summed E-state index contributed by atoms with van der Waals surface area (Å²) in [6, 6.07) is 0. The van der Waals surface area contributed by atoms with Gasteiger partial charge in [0.25, 0.3) is 0 Å². The van der Waals surface area contributed by atoms with Crippen molar-refractivity contribution in [2.45, 2.75) is 110 Å². The monoisotopic (exact) mass is 322 g/mol. The minimum atomic E-state index is 0.623. The Morgan fingerprint density at radius 1 is 0.652 bits per heavy atom. The average Bonchev–Trinajstić information content (AvgIpc) is 2.89. The highest BCUT2D eigenvalue weighted by atomic mass is 15.4. The van der Waals surface area contributed by atoms with Crippen molar-refractivity contribution in [3.05, 3.63) is 12.4 Å². The van der Waals surface area contributed by atoms with Gasteiger partial charge in [0, 0.05) is 26.0 Å². The van der Waals surface area contributed by atoms with Gasteiger partial charge in [0.05, 0.1) is 0 Å². The molecule has 1 unspecified atom stereocenters. The molecule has 2 heteroatoms. The highest BCUT2D eigenvalue weighted by Crippen LogP contribution is 2.20. The van der Waals surface area contributed by atoms with Crippen LogP contribution in [0.5, 0.6) is 0 Å². The molecule has 0 bridgehead atoms. The van der Waals surface area contributed by atoms with Crippen LogP contribution in [-0.2, 0) is 0 Å². The molecule has 0 N–H and O–H groups in total. The number of nitrogens with zero attached hydrogens (tertiary/aromatic N) is 2. The maximum absolute atomic E-state index is 2.51. The van der Waals surface area contributed by atoms with Crippen molar-refractivity contribution in [3.8, 4) is 0 Å². The quantitative estimate of drug-likeness (QED) is 0.316. The third kappa shape index (κ3) is 9.27. The fraction of sp³-hybridized carbons (Fsp3) is 0.905. The Balaban J connectivity index is 1.88. The lowest BCUT2D eigenvalue weighted by atomic mass is 10.0. The lowest BCUT2D eigenvalue weighted by molar-refractivity contribution is 0.161. The van der Waals surface area contributed by atoms with Crippen molar-refractivity contribution < 1.29 is 0 Å². The highest BCUT2D eigenvalue weighted by Gasteiger charge is 2.21. The lowest BCUT2D eigenvalue weighted by Gasteiger charge is -2.30. The summed E-state index contributed by atoms with van der Waals surface area (Å²) in [4.78, 5) is 4.90. The van der Waals surface area contributed by atoms with Crippen LogP contribution in [0.1, 0.15) is 104 Å². The first-order chi connectivity index (χ1) is 11.3. The third-order valence-electron chi connectivity index (χ3n) is 5.14. The normalized spacial score (nSPS) is 17.4. The second-order valence-electron chi connectivity index (χ2n) is 7.36. The van der Waals surface area contributed by atoms with E-state index >= 15 is 0 Å². The molecule has 0 amide bonds. The van der Waals surface area contributed by atoms with Crippen molar-refractivity contribution in [1.29, 1.82) is 0 Å². The van der Waals surface area contributed by atoms with E-state index in [0.29, 0.717) is 6.17 Å². The Labute approximate surface area is 146 Å². The molecule has 0 aromatic heterocycles. The first-order valence-electron chi connectivity index (χ1n) is 10.5. The van der Waals surface area contributed by atoms with E-state index in [2.05, 4.69) is 43.1 Å². The Hall–Kier alpha value is -0.660. The lowest BCUT2D eigenvalue weighted by Crippen LogP contribution is -2.36. The molecular weight excluding hydrogens is 280 g/mol. The summed E-state index contributed by atoms with van der Waals surface area (Å²) < 4.78 is 0. The van der Waals surface area contributed by atoms with E-state index in [1.807, 2.05) is 0 Å². The smallest absolute Gasteiger partial charge is 0.100 e. The van der Waals surface area contributed by atoms with Crippen LogP contribution < -0.4 is 0 Å². The molecule has 1 atom stereocenters. The van der Waals surface area contributed by atoms with Crippen molar-refractivity contribution in [2.75, 3.05) is 13.6 Å². The van der Waals surface area contributed by atoms with E-state index in [-0.39, 0.29) is 0 Å². The molecule has 0 saturated carbocycles. The molecule has 23 heavy (non-hydrogen) atoms. The molecule has 0 aromatic carbocycles. The first kappa shape index (κ1) is 20.4. The van der Waals surface area contributed by atoms with Crippen LogP contribution in [0.25, 0.3) is 0 Å². The van der Waals surface area contributed by atoms with Gasteiger partial charge in [-0.2, -0.15) is 0 Å². The zero-order valence-corrected chi connectivity index (χ0v) is 16.2. The topological polar surface area (TPSA) is 6.48 Å². The van der Waals surface area contributed by atoms with Gasteiger partial charge in [-0.25, -0.2) is 0 Å². The predicted molar refractivity (Wildman–Crippen MR) is 103 cm³/mol. The molecule has 0 spiro atoms. The zero-order valence-electron chi connectivity index (χ0n) is 16.2. The van der Waals surface area contributed by atoms with Crippen molar-refractivity contribution in [3.63, 3.8) is 0 Å². The summed E-state index contributed by atoms with van der Waals surface area (Å²) in [5.74, 6) is 0. The molecule has 0 saturated heterocycles. The summed E-state index contributed by atoms with van der Waals surface area (Å²) >= 11 is 0. The van der Waals surface area contributed by atoms with Crippen LogP contribution in [0, 0.1) is 0 Å². The Kier molecular flexibility index (Phi) is 12.2. The van der Waals surface area contributed by atoms with Gasteiger partial charge in [0.2, 0.25) is 0 Å². The third-order valence-corrected chi connectivity index (χ3v) is 5.14. The Morgan fingerprint density at radius 2 is 1.17 bits per heavy atom. The number of hydrogen-bond donors (Lipinski definition) is 0. The Morgan fingerprint density at radius 3 is 1.70 bits per heavy atom. The first-order valence-corrected chi connectivity index (χ1v) is 10.5. The van der Waals surface area contributed by atoms with Crippen LogP contribution in [0.3, 0.4) is 0 Å². The van der Waals surface area contributed by atoms with Crippen LogP contribution in [-0.4, -0.2) is 29.6 Å². The number of rotatable bonds is 15. The maximum Gasteiger partial charge on any atom is 0.100 e. The summed E-state index contributed by atoms with van der Waals surface area (Å²) in [6.45, 7) is 5.76. The van der Waals surface area contributed by atoms with E-state index < -0.39 is 0 Å². The fourth-order valence-electron chi connectivity index (χ4n) is 3.64. The van der Waals surface area contributed by atoms with E-state index in [0.717, 1.165) is 0 Å². The summed E-state index contributed by atoms with van der Waals surface area (Å²) in [7, 11) is 2.22. The highest BCUT2D eigenvalue weighted by molar-refractivity contribution is 4.95. The molecular formula is C21H42N2. The second-order valence-corrected chi connectivity index (χ2v) is 7.36. The van der Waals surface area contributed by atoms with Crippen LogP contribution >= 0.6 is 0 Å². The Bertz CT molecular complexity index is 288. The molecule has 0 fully saturated rings. The van der Waals surface area contributed by atoms with E-state index in [1.54, 1.807) is 0 Å². The van der Waals surface area contributed by atoms with Crippen LogP contribution in [0.15, 0.2) is 12.4 Å². The van der Waals surface area contributed by atoms with Crippen LogP contribution in [0.2, 0.25) is 0 Å². The van der Waals surface area contributed by atoms with Gasteiger partial charge in [0.1, 0.15) is 6.17 Å². The molecule has 0 aliphatic carbocycles. The molecule has 1 heterocycles. The predicted octanol–water partition coefficient (Wildman–Crippen LogP) is 6.53. The van der Waals surface area contributed by atoms with Gasteiger partial charge in [-0.05, 0) is 19.3 Å². The van der Waals surface area contributed by atoms with Gasteiger partial charge < -0.3 is 9.80 Å². The van der Waals surface area contributed by atoms with Gasteiger partial charge in [-0.1, -0.05) is 84.5 Å². The SMILES string of the molecule is CCCCCCCCCCCCCCC1N(C)C=CN1CCC. The van der Waals surface area contributed by atoms with Gasteiger partial charge in [-0.15, -0.1) is 0 Å². The fourth-order valence-corrected chi connectivity index (χ4v) is 3.64. The largest absolute Gasteiger partial charge is 0.359 e. The maximum atomic E-state index is 2.51. The van der Waals surface area contributed by atoms with Gasteiger partial charge >= 0.3 is 0 Å². The number of unbranched alkanes of at least 4 members (excludes halogenated alkanes) is 11. The summed E-state index contributed by atoms with van der Waals surface area (Å²) in [6.07, 6.45) is 25.0. The van der Waals surface area contributed by atoms with E-state index in [9.17, 15) is 0 Å². The van der Waals surface area contributed by atoms with Crippen molar-refractivity contribution in [1.82, 2.24) is 9.80 Å². The molecule has 2 nitrogen and oxygen atoms in total. The number of hydrogen-bond acceptors (Lipinski definition) is 2. The van der Waals surface area contributed by atoms with E-state index in [4.69, 9.17) is 0 Å². The standard InChI is InChI=1S/C21H42N2/c1-4-6-7-8-9-10-11-12-13-14-15-16-17-21-22(3)19-20-23(21)18-5-2/h19-21H,4-18H2,1-3H3. The molecule has 1 aliphatic rings. The minimum Gasteiger partial charge on any atom is -0.359 e. The summed E-state index contributed by atoms with van der Waals surface area (Å²) in [5, 5.41) is 0. The molecule has 0 radical (unpaired) electrons. The van der Waals surface area contributed by atoms with Crippen molar-refractivity contribution in [2.24, 2.45) is 0 Å². The van der Waals surface area contributed by atoms with Crippen molar-refractivity contribution >= 4 is 0 Å². The summed E-state index contributed by atoms with van der Waals surface area (Å²) in [5.41, 5.74) is 0. The molecule has 0 aromatic rings. The molecule has 1 rings (SSSR count). The van der Waals surface area contributed by atoms with Gasteiger partial charge in [0.15, 0.2) is 0 Å². The molecule has 136 valence electrons. The minimum absolute atomic E-state index is 0.623. The van der Waals surface area contributed by atoms with Gasteiger partial charge in [-0.3, -0.25) is 0 Å². The second kappa shape index (κ2) is 13.7.